The predicted octanol–water partition coefficient (Wildman–Crippen LogP) is 1.97. The summed E-state index contributed by atoms with van der Waals surface area (Å²) in [4.78, 5) is 33.5. The van der Waals surface area contributed by atoms with Gasteiger partial charge in [0.2, 0.25) is 0 Å². The minimum atomic E-state index is -1.10. The van der Waals surface area contributed by atoms with Crippen LogP contribution in [0.2, 0.25) is 0 Å². The fraction of sp³-hybridized carbons (Fsp3) is 0.312. The molecule has 0 aliphatic carbocycles. The smallest absolute Gasteiger partial charge is 0.344 e. The number of aryl methyl sites for hydroxylation is 1. The van der Waals surface area contributed by atoms with Gasteiger partial charge in [0.25, 0.3) is 0 Å². The maximum absolute atomic E-state index is 12.0. The SMILES string of the molecule is Cc1c(CCC(=O)O)c(=O)oc2cc(OC(C)C(=O)O)ccc12. The first-order chi connectivity index (χ1) is 10.8. The van der Waals surface area contributed by atoms with E-state index in [4.69, 9.17) is 19.4 Å². The molecule has 0 aliphatic heterocycles. The van der Waals surface area contributed by atoms with Gasteiger partial charge < -0.3 is 19.4 Å². The molecule has 0 fully saturated rings. The highest BCUT2D eigenvalue weighted by Gasteiger charge is 2.16. The van der Waals surface area contributed by atoms with E-state index in [-0.39, 0.29) is 24.2 Å². The van der Waals surface area contributed by atoms with E-state index in [1.807, 2.05) is 0 Å². The van der Waals surface area contributed by atoms with E-state index in [1.54, 1.807) is 19.1 Å². The van der Waals surface area contributed by atoms with Crippen LogP contribution in [-0.4, -0.2) is 28.3 Å². The van der Waals surface area contributed by atoms with Crippen LogP contribution in [0.4, 0.5) is 0 Å². The number of aliphatic carboxylic acids is 2. The van der Waals surface area contributed by atoms with Crippen LogP contribution in [-0.2, 0) is 16.0 Å². The lowest BCUT2D eigenvalue weighted by Crippen LogP contribution is -2.22. The molecule has 0 saturated heterocycles. The number of hydrogen-bond donors (Lipinski definition) is 2. The Morgan fingerprint density at radius 1 is 1.30 bits per heavy atom. The van der Waals surface area contributed by atoms with Crippen molar-refractivity contribution in [2.24, 2.45) is 0 Å². The maximum atomic E-state index is 12.0. The number of hydrogen-bond acceptors (Lipinski definition) is 5. The van der Waals surface area contributed by atoms with Crippen LogP contribution in [0.5, 0.6) is 5.75 Å². The Morgan fingerprint density at radius 2 is 2.00 bits per heavy atom. The van der Waals surface area contributed by atoms with Gasteiger partial charge in [0.1, 0.15) is 11.3 Å². The standard InChI is InChI=1S/C16H16O7/c1-8-11-4-3-10(22-9(2)15(19)20)7-13(11)23-16(21)12(8)5-6-14(17)18/h3-4,7,9H,5-6H2,1-2H3,(H,17,18)(H,19,20). The zero-order chi connectivity index (χ0) is 17.1. The van der Waals surface area contributed by atoms with E-state index >= 15 is 0 Å². The van der Waals surface area contributed by atoms with Crippen molar-refractivity contribution in [1.29, 1.82) is 0 Å². The highest BCUT2D eigenvalue weighted by molar-refractivity contribution is 5.82. The minimum absolute atomic E-state index is 0.0910. The fourth-order valence-corrected chi connectivity index (χ4v) is 2.22. The van der Waals surface area contributed by atoms with Gasteiger partial charge in [0.15, 0.2) is 6.10 Å². The Morgan fingerprint density at radius 3 is 2.61 bits per heavy atom. The van der Waals surface area contributed by atoms with Crippen molar-refractivity contribution in [3.05, 3.63) is 39.7 Å². The van der Waals surface area contributed by atoms with Gasteiger partial charge in [0, 0.05) is 23.4 Å². The Balaban J connectivity index is 2.42. The molecule has 0 spiro atoms. The third-order valence-corrected chi connectivity index (χ3v) is 3.51. The molecular weight excluding hydrogens is 304 g/mol. The van der Waals surface area contributed by atoms with Gasteiger partial charge in [-0.3, -0.25) is 4.79 Å². The predicted molar refractivity (Wildman–Crippen MR) is 80.9 cm³/mol. The molecule has 1 atom stereocenters. The van der Waals surface area contributed by atoms with Crippen molar-refractivity contribution in [1.82, 2.24) is 0 Å². The molecule has 1 aromatic carbocycles. The van der Waals surface area contributed by atoms with Crippen LogP contribution in [0.15, 0.2) is 27.4 Å². The van der Waals surface area contributed by atoms with Gasteiger partial charge in [-0.2, -0.15) is 0 Å². The summed E-state index contributed by atoms with van der Waals surface area (Å²) in [6, 6.07) is 4.68. The first-order valence-electron chi connectivity index (χ1n) is 6.97. The van der Waals surface area contributed by atoms with Gasteiger partial charge in [-0.15, -0.1) is 0 Å². The first-order valence-corrected chi connectivity index (χ1v) is 6.97. The lowest BCUT2D eigenvalue weighted by Gasteiger charge is -2.12. The fourth-order valence-electron chi connectivity index (χ4n) is 2.22. The van der Waals surface area contributed by atoms with Crippen molar-refractivity contribution < 1.29 is 29.0 Å². The zero-order valence-electron chi connectivity index (χ0n) is 12.7. The van der Waals surface area contributed by atoms with Crippen molar-refractivity contribution in [2.45, 2.75) is 32.8 Å². The minimum Gasteiger partial charge on any atom is -0.481 e. The first kappa shape index (κ1) is 16.5. The van der Waals surface area contributed by atoms with Crippen LogP contribution in [0.3, 0.4) is 0 Å². The monoisotopic (exact) mass is 320 g/mol. The van der Waals surface area contributed by atoms with Crippen LogP contribution < -0.4 is 10.4 Å². The molecule has 0 amide bonds. The molecule has 2 N–H and O–H groups in total. The Kier molecular flexibility index (Phi) is 4.68. The van der Waals surface area contributed by atoms with E-state index in [9.17, 15) is 14.4 Å². The summed E-state index contributed by atoms with van der Waals surface area (Å²) in [5, 5.41) is 18.2. The van der Waals surface area contributed by atoms with Gasteiger partial charge in [-0.25, -0.2) is 9.59 Å². The van der Waals surface area contributed by atoms with Crippen molar-refractivity contribution in [2.75, 3.05) is 0 Å². The summed E-state index contributed by atoms with van der Waals surface area (Å²) in [6.45, 7) is 3.11. The lowest BCUT2D eigenvalue weighted by atomic mass is 10.0. The molecule has 0 bridgehead atoms. The third kappa shape index (κ3) is 3.68. The summed E-state index contributed by atoms with van der Waals surface area (Å²) in [7, 11) is 0. The number of carboxylic acid groups (broad SMARTS) is 2. The number of fused-ring (bicyclic) bond motifs is 1. The number of carboxylic acids is 2. The quantitative estimate of drug-likeness (QED) is 0.782. The molecule has 2 aromatic rings. The molecule has 1 aromatic heterocycles. The van der Waals surface area contributed by atoms with Gasteiger partial charge in [0.05, 0.1) is 0 Å². The number of rotatable bonds is 6. The Hall–Kier alpha value is -2.83. The summed E-state index contributed by atoms with van der Waals surface area (Å²) in [5.74, 6) is -1.82. The molecule has 7 nitrogen and oxygen atoms in total. The van der Waals surface area contributed by atoms with E-state index < -0.39 is 23.7 Å². The molecule has 1 heterocycles. The second-order valence-electron chi connectivity index (χ2n) is 5.14. The van der Waals surface area contributed by atoms with Crippen LogP contribution in [0.1, 0.15) is 24.5 Å². The lowest BCUT2D eigenvalue weighted by molar-refractivity contribution is -0.144. The molecule has 23 heavy (non-hydrogen) atoms. The second-order valence-corrected chi connectivity index (χ2v) is 5.14. The normalized spacial score (nSPS) is 12.1. The number of benzene rings is 1. The largest absolute Gasteiger partial charge is 0.481 e. The van der Waals surface area contributed by atoms with Crippen LogP contribution in [0.25, 0.3) is 11.0 Å². The summed E-state index contributed by atoms with van der Waals surface area (Å²) < 4.78 is 10.4. The summed E-state index contributed by atoms with van der Waals surface area (Å²) >= 11 is 0. The third-order valence-electron chi connectivity index (χ3n) is 3.51. The highest BCUT2D eigenvalue weighted by Crippen LogP contribution is 2.25. The van der Waals surface area contributed by atoms with Crippen LogP contribution in [0, 0.1) is 6.92 Å². The number of ether oxygens (including phenoxy) is 1. The molecule has 0 saturated carbocycles. The van der Waals surface area contributed by atoms with Crippen LogP contribution >= 0.6 is 0 Å². The summed E-state index contributed by atoms with van der Waals surface area (Å²) in [5.41, 5.74) is 0.643. The molecular formula is C16H16O7. The topological polar surface area (TPSA) is 114 Å². The Bertz CT molecular complexity index is 819. The molecule has 0 radical (unpaired) electrons. The molecule has 0 aliphatic rings. The molecule has 1 unspecified atom stereocenters. The van der Waals surface area contributed by atoms with Gasteiger partial charge in [-0.05, 0) is 38.0 Å². The Labute approximate surface area is 131 Å². The zero-order valence-corrected chi connectivity index (χ0v) is 12.7. The molecule has 2 rings (SSSR count). The van der Waals surface area contributed by atoms with Gasteiger partial charge in [-0.1, -0.05) is 0 Å². The number of carbonyl (C=O) groups is 2. The van der Waals surface area contributed by atoms with Crippen molar-refractivity contribution >= 4 is 22.9 Å². The maximum Gasteiger partial charge on any atom is 0.344 e. The van der Waals surface area contributed by atoms with Crippen molar-refractivity contribution in [3.8, 4) is 5.75 Å². The average Bonchev–Trinajstić information content (AvgIpc) is 2.46. The molecule has 122 valence electrons. The van der Waals surface area contributed by atoms with Gasteiger partial charge >= 0.3 is 17.6 Å². The summed E-state index contributed by atoms with van der Waals surface area (Å²) in [6.07, 6.45) is -1.10. The van der Waals surface area contributed by atoms with E-state index in [1.165, 1.54) is 13.0 Å². The van der Waals surface area contributed by atoms with E-state index in [0.717, 1.165) is 0 Å². The van der Waals surface area contributed by atoms with E-state index in [2.05, 4.69) is 0 Å². The molecule has 7 heteroatoms. The van der Waals surface area contributed by atoms with E-state index in [0.29, 0.717) is 16.5 Å². The van der Waals surface area contributed by atoms with Crippen molar-refractivity contribution in [3.63, 3.8) is 0 Å². The average molecular weight is 320 g/mol. The second kappa shape index (κ2) is 6.51. The highest BCUT2D eigenvalue weighted by atomic mass is 16.5.